The van der Waals surface area contributed by atoms with Crippen molar-refractivity contribution in [3.63, 3.8) is 0 Å². The van der Waals surface area contributed by atoms with Gasteiger partial charge in [-0.05, 0) is 51.6 Å². The molecule has 0 unspecified atom stereocenters. The molecule has 1 heterocycles. The summed E-state index contributed by atoms with van der Waals surface area (Å²) < 4.78 is 0. The molecule has 1 aliphatic heterocycles. The summed E-state index contributed by atoms with van der Waals surface area (Å²) in [5.74, 6) is 1.19. The topological polar surface area (TPSA) is 64.7 Å². The number of carbonyl (C=O) groups excluding carboxylic acids is 2. The number of amides is 2. The first-order valence-electron chi connectivity index (χ1n) is 9.52. The molecule has 138 valence electrons. The van der Waals surface area contributed by atoms with Crippen LogP contribution in [0, 0.1) is 5.92 Å². The van der Waals surface area contributed by atoms with Crippen LogP contribution in [0.3, 0.4) is 0 Å². The molecule has 0 radical (unpaired) electrons. The van der Waals surface area contributed by atoms with Crippen LogP contribution in [0.1, 0.15) is 45.4 Å². The van der Waals surface area contributed by atoms with Gasteiger partial charge in [-0.25, -0.2) is 0 Å². The van der Waals surface area contributed by atoms with Crippen molar-refractivity contribution < 1.29 is 9.59 Å². The van der Waals surface area contributed by atoms with E-state index in [0.29, 0.717) is 19.0 Å². The van der Waals surface area contributed by atoms with Crippen LogP contribution in [-0.4, -0.2) is 74.0 Å². The molecule has 2 fully saturated rings. The van der Waals surface area contributed by atoms with Gasteiger partial charge in [0.2, 0.25) is 11.8 Å². The molecule has 0 aromatic rings. The minimum Gasteiger partial charge on any atom is -0.352 e. The fourth-order valence-electron chi connectivity index (χ4n) is 3.61. The fraction of sp³-hybridized carbons (Fsp3) is 0.889. The summed E-state index contributed by atoms with van der Waals surface area (Å²) in [7, 11) is 1.90. The molecule has 2 amide bonds. The molecular formula is C18H34N4O2. The summed E-state index contributed by atoms with van der Waals surface area (Å²) in [4.78, 5) is 28.4. The van der Waals surface area contributed by atoms with Crippen molar-refractivity contribution in [1.29, 1.82) is 0 Å². The Labute approximate surface area is 146 Å². The second-order valence-corrected chi connectivity index (χ2v) is 7.39. The quantitative estimate of drug-likeness (QED) is 0.675. The summed E-state index contributed by atoms with van der Waals surface area (Å²) in [6, 6.07) is 0.365. The van der Waals surface area contributed by atoms with Gasteiger partial charge in [-0.3, -0.25) is 14.5 Å². The van der Waals surface area contributed by atoms with Gasteiger partial charge in [-0.2, -0.15) is 0 Å². The Kier molecular flexibility index (Phi) is 7.99. The van der Waals surface area contributed by atoms with E-state index in [0.717, 1.165) is 57.9 Å². The average molecular weight is 338 g/mol. The number of rotatable bonds is 7. The maximum Gasteiger partial charge on any atom is 0.234 e. The molecule has 0 atom stereocenters. The van der Waals surface area contributed by atoms with E-state index in [1.54, 1.807) is 0 Å². The minimum absolute atomic E-state index is 0.142. The molecule has 2 aliphatic rings. The summed E-state index contributed by atoms with van der Waals surface area (Å²) in [6.45, 7) is 6.72. The second kappa shape index (κ2) is 9.99. The van der Waals surface area contributed by atoms with Gasteiger partial charge < -0.3 is 15.5 Å². The van der Waals surface area contributed by atoms with Gasteiger partial charge in [0.25, 0.3) is 0 Å². The van der Waals surface area contributed by atoms with Gasteiger partial charge in [0, 0.05) is 38.6 Å². The molecule has 0 aromatic carbocycles. The Balaban J connectivity index is 1.61. The lowest BCUT2D eigenvalue weighted by molar-refractivity contribution is -0.133. The van der Waals surface area contributed by atoms with Gasteiger partial charge in [0.05, 0.1) is 6.54 Å². The molecule has 0 bridgehead atoms. The molecule has 2 rings (SSSR count). The number of piperazine rings is 1. The van der Waals surface area contributed by atoms with Gasteiger partial charge in [-0.15, -0.1) is 0 Å². The molecule has 1 aliphatic carbocycles. The van der Waals surface area contributed by atoms with Crippen molar-refractivity contribution in [2.24, 2.45) is 5.92 Å². The highest BCUT2D eigenvalue weighted by Crippen LogP contribution is 2.23. The van der Waals surface area contributed by atoms with Gasteiger partial charge in [0.15, 0.2) is 0 Å². The Morgan fingerprint density at radius 1 is 1.04 bits per heavy atom. The number of carbonyl (C=O) groups is 2. The standard InChI is InChI=1S/C18H34N4O2/c1-15-5-7-16(8-6-15)20-17(23)14-21-10-12-22(13-11-21)18(24)4-3-9-19-2/h15-16,19H,3-14H2,1-2H3,(H,20,23). The number of hydrogen-bond acceptors (Lipinski definition) is 4. The lowest BCUT2D eigenvalue weighted by Crippen LogP contribution is -2.52. The van der Waals surface area contributed by atoms with Crippen molar-refractivity contribution in [2.75, 3.05) is 46.3 Å². The van der Waals surface area contributed by atoms with Crippen LogP contribution in [-0.2, 0) is 9.59 Å². The summed E-state index contributed by atoms with van der Waals surface area (Å²) in [5.41, 5.74) is 0. The average Bonchev–Trinajstić information content (AvgIpc) is 2.58. The largest absolute Gasteiger partial charge is 0.352 e. The van der Waals surface area contributed by atoms with Crippen LogP contribution in [0.25, 0.3) is 0 Å². The maximum absolute atomic E-state index is 12.2. The third-order valence-corrected chi connectivity index (χ3v) is 5.29. The van der Waals surface area contributed by atoms with Gasteiger partial charge >= 0.3 is 0 Å². The highest BCUT2D eigenvalue weighted by Gasteiger charge is 2.24. The van der Waals surface area contributed by atoms with Crippen LogP contribution in [0.2, 0.25) is 0 Å². The number of nitrogens with one attached hydrogen (secondary N) is 2. The zero-order valence-corrected chi connectivity index (χ0v) is 15.4. The predicted octanol–water partition coefficient (Wildman–Crippen LogP) is 0.825. The van der Waals surface area contributed by atoms with Crippen LogP contribution in [0.15, 0.2) is 0 Å². The molecule has 2 N–H and O–H groups in total. The molecule has 1 saturated carbocycles. The third kappa shape index (κ3) is 6.40. The Hall–Kier alpha value is -1.14. The maximum atomic E-state index is 12.2. The Bertz CT molecular complexity index is 400. The first-order valence-corrected chi connectivity index (χ1v) is 9.52. The van der Waals surface area contributed by atoms with Crippen molar-refractivity contribution in [2.45, 2.75) is 51.5 Å². The van der Waals surface area contributed by atoms with Crippen molar-refractivity contribution in [3.8, 4) is 0 Å². The number of hydrogen-bond donors (Lipinski definition) is 2. The van der Waals surface area contributed by atoms with Crippen LogP contribution >= 0.6 is 0 Å². The van der Waals surface area contributed by atoms with E-state index in [1.807, 2.05) is 11.9 Å². The van der Waals surface area contributed by atoms with Crippen LogP contribution in [0.5, 0.6) is 0 Å². The lowest BCUT2D eigenvalue weighted by Gasteiger charge is -2.35. The molecule has 6 nitrogen and oxygen atoms in total. The minimum atomic E-state index is 0.142. The van der Waals surface area contributed by atoms with Gasteiger partial charge in [-0.1, -0.05) is 6.92 Å². The van der Waals surface area contributed by atoms with E-state index in [4.69, 9.17) is 0 Å². The Morgan fingerprint density at radius 2 is 1.71 bits per heavy atom. The SMILES string of the molecule is CNCCCC(=O)N1CCN(CC(=O)NC2CCC(C)CC2)CC1. The summed E-state index contributed by atoms with van der Waals surface area (Å²) in [6.07, 6.45) is 6.17. The molecule has 24 heavy (non-hydrogen) atoms. The van der Waals surface area contributed by atoms with Gasteiger partial charge in [0.1, 0.15) is 0 Å². The van der Waals surface area contributed by atoms with E-state index >= 15 is 0 Å². The van der Waals surface area contributed by atoms with E-state index in [2.05, 4.69) is 22.5 Å². The van der Waals surface area contributed by atoms with Crippen LogP contribution in [0.4, 0.5) is 0 Å². The molecule has 0 aromatic heterocycles. The van der Waals surface area contributed by atoms with Crippen molar-refractivity contribution in [1.82, 2.24) is 20.4 Å². The Morgan fingerprint density at radius 3 is 2.33 bits per heavy atom. The van der Waals surface area contributed by atoms with Crippen molar-refractivity contribution >= 4 is 11.8 Å². The zero-order chi connectivity index (χ0) is 17.4. The highest BCUT2D eigenvalue weighted by atomic mass is 16.2. The summed E-state index contributed by atoms with van der Waals surface area (Å²) >= 11 is 0. The van der Waals surface area contributed by atoms with E-state index in [-0.39, 0.29) is 11.8 Å². The first-order chi connectivity index (χ1) is 11.6. The van der Waals surface area contributed by atoms with E-state index < -0.39 is 0 Å². The van der Waals surface area contributed by atoms with E-state index in [1.165, 1.54) is 12.8 Å². The molecule has 0 spiro atoms. The number of nitrogens with zero attached hydrogens (tertiary/aromatic N) is 2. The zero-order valence-electron chi connectivity index (χ0n) is 15.4. The van der Waals surface area contributed by atoms with E-state index in [9.17, 15) is 9.59 Å². The smallest absolute Gasteiger partial charge is 0.234 e. The second-order valence-electron chi connectivity index (χ2n) is 7.39. The normalized spacial score (nSPS) is 25.5. The van der Waals surface area contributed by atoms with Crippen molar-refractivity contribution in [3.05, 3.63) is 0 Å². The molecular weight excluding hydrogens is 304 g/mol. The predicted molar refractivity (Wildman–Crippen MR) is 95.7 cm³/mol. The lowest BCUT2D eigenvalue weighted by atomic mass is 9.87. The molecule has 6 heteroatoms. The molecule has 1 saturated heterocycles. The first kappa shape index (κ1) is 19.2. The summed E-state index contributed by atoms with van der Waals surface area (Å²) in [5, 5.41) is 6.25. The highest BCUT2D eigenvalue weighted by molar-refractivity contribution is 5.78. The monoisotopic (exact) mass is 338 g/mol. The third-order valence-electron chi connectivity index (χ3n) is 5.29. The van der Waals surface area contributed by atoms with Crippen LogP contribution < -0.4 is 10.6 Å². The fourth-order valence-corrected chi connectivity index (χ4v) is 3.61.